The van der Waals surface area contributed by atoms with Gasteiger partial charge in [0.15, 0.2) is 11.5 Å². The third-order valence-corrected chi connectivity index (χ3v) is 5.39. The van der Waals surface area contributed by atoms with E-state index in [0.29, 0.717) is 47.9 Å². The number of hydrogen-bond acceptors (Lipinski definition) is 7. The lowest BCUT2D eigenvalue weighted by atomic mass is 10.1. The number of fused-ring (bicyclic) bond motifs is 6. The summed E-state index contributed by atoms with van der Waals surface area (Å²) in [4.78, 5) is 26.7. The summed E-state index contributed by atoms with van der Waals surface area (Å²) in [5.41, 5.74) is 1.58. The van der Waals surface area contributed by atoms with Gasteiger partial charge in [-0.15, -0.1) is 0 Å². The Labute approximate surface area is 183 Å². The van der Waals surface area contributed by atoms with E-state index in [1.54, 1.807) is 28.6 Å². The molecular formula is C23H22N6O3. The summed E-state index contributed by atoms with van der Waals surface area (Å²) in [6, 6.07) is 12.8. The predicted octanol–water partition coefficient (Wildman–Crippen LogP) is 3.11. The fourth-order valence-electron chi connectivity index (χ4n) is 3.73. The van der Waals surface area contributed by atoms with E-state index in [0.717, 1.165) is 11.4 Å². The first-order valence-corrected chi connectivity index (χ1v) is 10.3. The van der Waals surface area contributed by atoms with E-state index in [9.17, 15) is 9.90 Å². The first-order chi connectivity index (χ1) is 15.6. The van der Waals surface area contributed by atoms with Crippen LogP contribution in [0.5, 0.6) is 5.75 Å². The van der Waals surface area contributed by atoms with E-state index in [1.165, 1.54) is 6.20 Å². The van der Waals surface area contributed by atoms with Crippen LogP contribution in [-0.2, 0) is 6.54 Å². The number of aliphatic hydroxyl groups excluding tert-OH is 1. The van der Waals surface area contributed by atoms with Crippen LogP contribution in [0.25, 0.3) is 16.9 Å². The molecule has 4 heterocycles. The largest absolute Gasteiger partial charge is 0.497 e. The van der Waals surface area contributed by atoms with Gasteiger partial charge in [-0.25, -0.2) is 19.3 Å². The Balaban J connectivity index is 1.65. The molecule has 2 bridgehead atoms. The standard InChI is InChI=1S/C23H22N6O3/c1-32-16-11-9-15(10-12-16)25-23-24-14-17-21(27-23)29-20-8-5-6-18(26-20)19(30)7-3-2-4-13-28(29)22(17)31/h2,4-6,8-12,14,19,30H,3,7,13H2,1H3,(H,24,25,27)/b4-2-. The Kier molecular flexibility index (Phi) is 5.16. The molecule has 0 saturated heterocycles. The highest BCUT2D eigenvalue weighted by atomic mass is 16.5. The summed E-state index contributed by atoms with van der Waals surface area (Å²) in [5.74, 6) is 1.61. The van der Waals surface area contributed by atoms with Crippen LogP contribution in [0.2, 0.25) is 0 Å². The summed E-state index contributed by atoms with van der Waals surface area (Å²) in [7, 11) is 1.61. The fraction of sp³-hybridized carbons (Fsp3) is 0.217. The van der Waals surface area contributed by atoms with Crippen LogP contribution >= 0.6 is 0 Å². The summed E-state index contributed by atoms with van der Waals surface area (Å²) < 4.78 is 8.46. The summed E-state index contributed by atoms with van der Waals surface area (Å²) in [6.07, 6.45) is 5.99. The lowest BCUT2D eigenvalue weighted by Gasteiger charge is -2.13. The molecule has 32 heavy (non-hydrogen) atoms. The van der Waals surface area contributed by atoms with Gasteiger partial charge < -0.3 is 15.2 Å². The molecule has 4 aromatic rings. The molecule has 1 unspecified atom stereocenters. The minimum absolute atomic E-state index is 0.201. The number of nitrogens with one attached hydrogen (secondary N) is 1. The molecule has 0 radical (unpaired) electrons. The summed E-state index contributed by atoms with van der Waals surface area (Å²) in [5, 5.41) is 14.0. The Morgan fingerprint density at radius 3 is 2.78 bits per heavy atom. The summed E-state index contributed by atoms with van der Waals surface area (Å²) >= 11 is 0. The first kappa shape index (κ1) is 20.0. The van der Waals surface area contributed by atoms with Crippen molar-refractivity contribution in [2.75, 3.05) is 12.4 Å². The van der Waals surface area contributed by atoms with Gasteiger partial charge in [0.1, 0.15) is 11.1 Å². The molecule has 1 aliphatic rings. The normalized spacial score (nSPS) is 16.8. The van der Waals surface area contributed by atoms with Crippen LogP contribution in [0, 0.1) is 0 Å². The third kappa shape index (κ3) is 3.63. The molecule has 0 fully saturated rings. The van der Waals surface area contributed by atoms with Crippen molar-refractivity contribution in [1.82, 2.24) is 24.3 Å². The van der Waals surface area contributed by atoms with Crippen molar-refractivity contribution in [3.05, 3.63) is 76.9 Å². The zero-order valence-electron chi connectivity index (χ0n) is 17.5. The van der Waals surface area contributed by atoms with Gasteiger partial charge in [-0.05, 0) is 49.2 Å². The average Bonchev–Trinajstić information content (AvgIpc) is 3.09. The van der Waals surface area contributed by atoms with Crippen molar-refractivity contribution in [3.63, 3.8) is 0 Å². The van der Waals surface area contributed by atoms with Gasteiger partial charge in [-0.3, -0.25) is 4.79 Å². The number of nitrogens with zero attached hydrogens (tertiary/aromatic N) is 5. The highest BCUT2D eigenvalue weighted by molar-refractivity contribution is 5.77. The number of rotatable bonds is 3. The van der Waals surface area contributed by atoms with Crippen LogP contribution < -0.4 is 15.6 Å². The molecule has 9 heteroatoms. The first-order valence-electron chi connectivity index (χ1n) is 10.3. The quantitative estimate of drug-likeness (QED) is 0.481. The molecule has 1 atom stereocenters. The molecule has 3 aromatic heterocycles. The maximum atomic E-state index is 13.1. The number of pyridine rings is 1. The van der Waals surface area contributed by atoms with E-state index in [2.05, 4.69) is 20.3 Å². The van der Waals surface area contributed by atoms with Gasteiger partial charge in [-0.1, -0.05) is 18.2 Å². The van der Waals surface area contributed by atoms with Gasteiger partial charge in [-0.2, -0.15) is 4.98 Å². The maximum absolute atomic E-state index is 13.1. The highest BCUT2D eigenvalue weighted by Crippen LogP contribution is 2.23. The molecule has 9 nitrogen and oxygen atoms in total. The number of allylic oxidation sites excluding steroid dienone is 2. The van der Waals surface area contributed by atoms with Crippen LogP contribution in [0.3, 0.4) is 0 Å². The Bertz CT molecular complexity index is 1360. The van der Waals surface area contributed by atoms with E-state index in [-0.39, 0.29) is 5.56 Å². The molecule has 0 spiro atoms. The van der Waals surface area contributed by atoms with Gasteiger partial charge in [0.2, 0.25) is 5.95 Å². The van der Waals surface area contributed by atoms with E-state index in [4.69, 9.17) is 4.74 Å². The molecule has 2 N–H and O–H groups in total. The predicted molar refractivity (Wildman–Crippen MR) is 121 cm³/mol. The Hall–Kier alpha value is -3.98. The maximum Gasteiger partial charge on any atom is 0.278 e. The number of aliphatic hydroxyl groups is 1. The van der Waals surface area contributed by atoms with Gasteiger partial charge >= 0.3 is 0 Å². The second-order valence-electron chi connectivity index (χ2n) is 7.47. The van der Waals surface area contributed by atoms with Crippen LogP contribution in [0.1, 0.15) is 24.6 Å². The smallest absolute Gasteiger partial charge is 0.278 e. The van der Waals surface area contributed by atoms with Gasteiger partial charge in [0, 0.05) is 11.9 Å². The topological polar surface area (TPSA) is 107 Å². The Morgan fingerprint density at radius 1 is 1.12 bits per heavy atom. The van der Waals surface area contributed by atoms with Crippen molar-refractivity contribution in [3.8, 4) is 11.6 Å². The second kappa shape index (κ2) is 8.27. The number of anilines is 2. The number of benzene rings is 1. The van der Waals surface area contributed by atoms with Gasteiger partial charge in [0.25, 0.3) is 5.56 Å². The van der Waals surface area contributed by atoms with E-state index >= 15 is 0 Å². The fourth-order valence-corrected chi connectivity index (χ4v) is 3.73. The number of methoxy groups -OCH3 is 1. The highest BCUT2D eigenvalue weighted by Gasteiger charge is 2.19. The van der Waals surface area contributed by atoms with E-state index < -0.39 is 6.10 Å². The molecule has 1 aromatic carbocycles. The monoisotopic (exact) mass is 430 g/mol. The number of hydrogen-bond donors (Lipinski definition) is 2. The molecular weight excluding hydrogens is 408 g/mol. The number of aromatic nitrogens is 5. The van der Waals surface area contributed by atoms with Crippen molar-refractivity contribution >= 4 is 22.7 Å². The van der Waals surface area contributed by atoms with Gasteiger partial charge in [0.05, 0.1) is 25.5 Å². The lowest BCUT2D eigenvalue weighted by Crippen LogP contribution is -2.22. The molecule has 0 amide bonds. The molecule has 0 saturated carbocycles. The van der Waals surface area contributed by atoms with Crippen LogP contribution in [0.4, 0.5) is 11.6 Å². The van der Waals surface area contributed by atoms with Crippen LogP contribution in [-0.4, -0.2) is 36.5 Å². The molecule has 1 aliphatic heterocycles. The minimum Gasteiger partial charge on any atom is -0.497 e. The molecule has 162 valence electrons. The lowest BCUT2D eigenvalue weighted by molar-refractivity contribution is 0.164. The van der Waals surface area contributed by atoms with Crippen molar-refractivity contribution < 1.29 is 9.84 Å². The second-order valence-corrected chi connectivity index (χ2v) is 7.47. The SMILES string of the molecule is COc1ccc(Nc2ncc3c(=O)n4n(c3n2)-c2cccc(n2)C(O)CC/C=C\C4)cc1. The zero-order valence-corrected chi connectivity index (χ0v) is 17.5. The summed E-state index contributed by atoms with van der Waals surface area (Å²) in [6.45, 7) is 0.360. The minimum atomic E-state index is -0.679. The number of ether oxygens (including phenoxy) is 1. The third-order valence-electron chi connectivity index (χ3n) is 5.39. The molecule has 0 aliphatic carbocycles. The molecule has 5 rings (SSSR count). The van der Waals surface area contributed by atoms with Crippen molar-refractivity contribution in [2.24, 2.45) is 0 Å². The Morgan fingerprint density at radius 2 is 1.97 bits per heavy atom. The van der Waals surface area contributed by atoms with Crippen molar-refractivity contribution in [1.29, 1.82) is 0 Å². The zero-order chi connectivity index (χ0) is 22.1. The van der Waals surface area contributed by atoms with E-state index in [1.807, 2.05) is 42.5 Å². The average molecular weight is 430 g/mol. The van der Waals surface area contributed by atoms with Crippen molar-refractivity contribution in [2.45, 2.75) is 25.5 Å². The van der Waals surface area contributed by atoms with Crippen LogP contribution in [0.15, 0.2) is 65.6 Å².